The second-order valence-corrected chi connectivity index (χ2v) is 5.61. The largest absolute Gasteiger partial charge is 0.356 e. The van der Waals surface area contributed by atoms with Crippen LogP contribution in [-0.2, 0) is 9.59 Å². The van der Waals surface area contributed by atoms with Crippen LogP contribution in [0.4, 0.5) is 0 Å². The van der Waals surface area contributed by atoms with Crippen molar-refractivity contribution < 1.29 is 9.59 Å². The van der Waals surface area contributed by atoms with Crippen LogP contribution in [0.2, 0.25) is 0 Å². The predicted octanol–water partition coefficient (Wildman–Crippen LogP) is -0.151. The molecule has 0 aliphatic carbocycles. The van der Waals surface area contributed by atoms with Gasteiger partial charge in [-0.3, -0.25) is 19.9 Å². The van der Waals surface area contributed by atoms with Crippen molar-refractivity contribution in [2.45, 2.75) is 39.7 Å². The number of likely N-dealkylation sites (tertiary alicyclic amines) is 1. The molecule has 0 aromatic rings. The Morgan fingerprint density at radius 2 is 1.89 bits per heavy atom. The monoisotopic (exact) mass is 270 g/mol. The number of carbonyl (C=O) groups excluding carboxylic acids is 2. The van der Waals surface area contributed by atoms with Crippen molar-refractivity contribution in [1.82, 2.24) is 15.6 Å². The molecule has 1 saturated heterocycles. The van der Waals surface area contributed by atoms with Crippen molar-refractivity contribution >= 4 is 11.8 Å². The standard InChI is InChI=1S/C13H26N4O2/c1-9(2)12(13(19)16-14)17-6-4-11(5-7-17)8-15-10(3)18/h9,11-12H,4-8,14H2,1-3H3,(H,15,18)(H,16,19). The van der Waals surface area contributed by atoms with Crippen molar-refractivity contribution in [1.29, 1.82) is 0 Å². The summed E-state index contributed by atoms with van der Waals surface area (Å²) in [7, 11) is 0. The fourth-order valence-corrected chi connectivity index (χ4v) is 2.70. The molecule has 1 heterocycles. The Morgan fingerprint density at radius 1 is 1.32 bits per heavy atom. The molecule has 1 aliphatic rings. The summed E-state index contributed by atoms with van der Waals surface area (Å²) in [6.07, 6.45) is 2.00. The van der Waals surface area contributed by atoms with Gasteiger partial charge in [-0.15, -0.1) is 0 Å². The van der Waals surface area contributed by atoms with E-state index < -0.39 is 0 Å². The average molecular weight is 270 g/mol. The van der Waals surface area contributed by atoms with Crippen molar-refractivity contribution in [3.63, 3.8) is 0 Å². The molecule has 0 aromatic heterocycles. The molecule has 1 atom stereocenters. The van der Waals surface area contributed by atoms with Gasteiger partial charge in [-0.25, -0.2) is 5.84 Å². The van der Waals surface area contributed by atoms with Gasteiger partial charge in [0, 0.05) is 13.5 Å². The molecular weight excluding hydrogens is 244 g/mol. The Hall–Kier alpha value is -1.14. The van der Waals surface area contributed by atoms with Crippen molar-refractivity contribution in [3.05, 3.63) is 0 Å². The summed E-state index contributed by atoms with van der Waals surface area (Å²) in [4.78, 5) is 24.9. The van der Waals surface area contributed by atoms with Crippen LogP contribution in [0.3, 0.4) is 0 Å². The van der Waals surface area contributed by atoms with Crippen LogP contribution in [0.1, 0.15) is 33.6 Å². The van der Waals surface area contributed by atoms with Gasteiger partial charge in [-0.05, 0) is 37.8 Å². The van der Waals surface area contributed by atoms with Crippen LogP contribution in [0, 0.1) is 11.8 Å². The molecule has 0 saturated carbocycles. The minimum Gasteiger partial charge on any atom is -0.356 e. The van der Waals surface area contributed by atoms with Gasteiger partial charge < -0.3 is 5.32 Å². The van der Waals surface area contributed by atoms with E-state index in [1.54, 1.807) is 0 Å². The number of amides is 2. The molecule has 6 nitrogen and oxygen atoms in total. The molecule has 6 heteroatoms. The molecule has 1 fully saturated rings. The number of hydrogen-bond acceptors (Lipinski definition) is 4. The van der Waals surface area contributed by atoms with Crippen molar-refractivity contribution in [2.24, 2.45) is 17.7 Å². The number of nitrogens with zero attached hydrogens (tertiary/aromatic N) is 1. The number of rotatable bonds is 5. The quantitative estimate of drug-likeness (QED) is 0.368. The van der Waals surface area contributed by atoms with Gasteiger partial charge >= 0.3 is 0 Å². The Morgan fingerprint density at radius 3 is 2.32 bits per heavy atom. The summed E-state index contributed by atoms with van der Waals surface area (Å²) in [6, 6.07) is -0.160. The van der Waals surface area contributed by atoms with Crippen LogP contribution in [0.25, 0.3) is 0 Å². The fraction of sp³-hybridized carbons (Fsp3) is 0.846. The van der Waals surface area contributed by atoms with Gasteiger partial charge in [0.05, 0.1) is 6.04 Å². The van der Waals surface area contributed by atoms with E-state index in [4.69, 9.17) is 5.84 Å². The first-order valence-corrected chi connectivity index (χ1v) is 6.94. The lowest BCUT2D eigenvalue weighted by Gasteiger charge is -2.38. The van der Waals surface area contributed by atoms with Gasteiger partial charge in [0.2, 0.25) is 5.91 Å². The third-order valence-electron chi connectivity index (χ3n) is 3.72. The van der Waals surface area contributed by atoms with E-state index in [0.29, 0.717) is 5.92 Å². The van der Waals surface area contributed by atoms with E-state index in [-0.39, 0.29) is 23.8 Å². The zero-order valence-corrected chi connectivity index (χ0v) is 12.1. The average Bonchev–Trinajstić information content (AvgIpc) is 2.37. The van der Waals surface area contributed by atoms with Gasteiger partial charge in [-0.1, -0.05) is 13.8 Å². The Labute approximate surface area is 115 Å². The number of carbonyl (C=O) groups is 2. The van der Waals surface area contributed by atoms with E-state index >= 15 is 0 Å². The van der Waals surface area contributed by atoms with Crippen molar-refractivity contribution in [3.8, 4) is 0 Å². The lowest BCUT2D eigenvalue weighted by atomic mass is 9.93. The molecule has 19 heavy (non-hydrogen) atoms. The lowest BCUT2D eigenvalue weighted by Crippen LogP contribution is -2.54. The number of nitrogens with two attached hydrogens (primary N) is 1. The molecule has 1 rings (SSSR count). The molecule has 0 bridgehead atoms. The summed E-state index contributed by atoms with van der Waals surface area (Å²) in [5, 5.41) is 2.86. The first kappa shape index (κ1) is 15.9. The normalized spacial score (nSPS) is 19.2. The summed E-state index contributed by atoms with van der Waals surface area (Å²) in [5.41, 5.74) is 2.26. The maximum Gasteiger partial charge on any atom is 0.251 e. The van der Waals surface area contributed by atoms with E-state index in [1.807, 2.05) is 13.8 Å². The highest BCUT2D eigenvalue weighted by atomic mass is 16.2. The molecular formula is C13H26N4O2. The highest BCUT2D eigenvalue weighted by molar-refractivity contribution is 5.81. The second-order valence-electron chi connectivity index (χ2n) is 5.61. The molecule has 1 aliphatic heterocycles. The Bertz CT molecular complexity index is 312. The van der Waals surface area contributed by atoms with Crippen LogP contribution in [0.15, 0.2) is 0 Å². The van der Waals surface area contributed by atoms with Gasteiger partial charge in [0.15, 0.2) is 0 Å². The highest BCUT2D eigenvalue weighted by Gasteiger charge is 2.31. The molecule has 2 amide bonds. The Balaban J connectivity index is 2.47. The summed E-state index contributed by atoms with van der Waals surface area (Å²) in [5.74, 6) is 5.90. The summed E-state index contributed by atoms with van der Waals surface area (Å²) >= 11 is 0. The van der Waals surface area contributed by atoms with Crippen molar-refractivity contribution in [2.75, 3.05) is 19.6 Å². The summed E-state index contributed by atoms with van der Waals surface area (Å²) in [6.45, 7) is 8.09. The number of piperidine rings is 1. The first-order chi connectivity index (χ1) is 8.95. The maximum atomic E-state index is 11.8. The molecule has 110 valence electrons. The molecule has 0 spiro atoms. The van der Waals surface area contributed by atoms with E-state index in [1.165, 1.54) is 6.92 Å². The van der Waals surface area contributed by atoms with E-state index in [9.17, 15) is 9.59 Å². The van der Waals surface area contributed by atoms with Gasteiger partial charge in [-0.2, -0.15) is 0 Å². The zero-order chi connectivity index (χ0) is 14.4. The van der Waals surface area contributed by atoms with E-state index in [0.717, 1.165) is 32.5 Å². The Kier molecular flexibility index (Phi) is 6.24. The second kappa shape index (κ2) is 7.45. The van der Waals surface area contributed by atoms with Crippen LogP contribution in [0.5, 0.6) is 0 Å². The number of nitrogens with one attached hydrogen (secondary N) is 2. The SMILES string of the molecule is CC(=O)NCC1CCN(C(C(=O)NN)C(C)C)CC1. The molecule has 1 unspecified atom stereocenters. The van der Waals surface area contributed by atoms with Crippen LogP contribution < -0.4 is 16.6 Å². The highest BCUT2D eigenvalue weighted by Crippen LogP contribution is 2.21. The van der Waals surface area contributed by atoms with Gasteiger partial charge in [0.25, 0.3) is 5.91 Å². The molecule has 0 aromatic carbocycles. The minimum atomic E-state index is -0.160. The lowest BCUT2D eigenvalue weighted by molar-refractivity contribution is -0.128. The van der Waals surface area contributed by atoms with Crippen LogP contribution in [-0.4, -0.2) is 42.4 Å². The smallest absolute Gasteiger partial charge is 0.251 e. The number of hydrogen-bond donors (Lipinski definition) is 3. The fourth-order valence-electron chi connectivity index (χ4n) is 2.70. The number of hydrazine groups is 1. The van der Waals surface area contributed by atoms with E-state index in [2.05, 4.69) is 15.6 Å². The molecule has 4 N–H and O–H groups in total. The zero-order valence-electron chi connectivity index (χ0n) is 12.1. The minimum absolute atomic E-state index is 0.0185. The topological polar surface area (TPSA) is 87.5 Å². The first-order valence-electron chi connectivity index (χ1n) is 6.94. The third kappa shape index (κ3) is 4.80. The third-order valence-corrected chi connectivity index (χ3v) is 3.72. The summed E-state index contributed by atoms with van der Waals surface area (Å²) < 4.78 is 0. The predicted molar refractivity (Wildman–Crippen MR) is 73.9 cm³/mol. The molecule has 0 radical (unpaired) electrons. The van der Waals surface area contributed by atoms with Gasteiger partial charge in [0.1, 0.15) is 0 Å². The van der Waals surface area contributed by atoms with Crippen LogP contribution >= 0.6 is 0 Å². The maximum absolute atomic E-state index is 11.8.